The second kappa shape index (κ2) is 7.13. The molecule has 0 aliphatic carbocycles. The van der Waals surface area contributed by atoms with Crippen LogP contribution in [-0.4, -0.2) is 29.5 Å². The van der Waals surface area contributed by atoms with Crippen LogP contribution in [-0.2, 0) is 0 Å². The predicted molar refractivity (Wildman–Crippen MR) is 105 cm³/mol. The van der Waals surface area contributed by atoms with Gasteiger partial charge in [0.15, 0.2) is 11.5 Å². The quantitative estimate of drug-likeness (QED) is 0.625. The number of hydrogen-bond acceptors (Lipinski definition) is 7. The van der Waals surface area contributed by atoms with E-state index in [-0.39, 0.29) is 28.8 Å². The summed E-state index contributed by atoms with van der Waals surface area (Å²) in [6.07, 6.45) is 0. The van der Waals surface area contributed by atoms with Crippen LogP contribution in [0.1, 0.15) is 17.0 Å². The Morgan fingerprint density at radius 3 is 2.76 bits per heavy atom. The minimum atomic E-state index is -0.557. The van der Waals surface area contributed by atoms with E-state index in [0.717, 1.165) is 5.56 Å². The Hall–Kier alpha value is -4.12. The number of nitriles is 1. The highest BCUT2D eigenvalue weighted by molar-refractivity contribution is 5.72. The van der Waals surface area contributed by atoms with Crippen molar-refractivity contribution in [2.45, 2.75) is 5.92 Å². The van der Waals surface area contributed by atoms with Gasteiger partial charge in [0.25, 0.3) is 0 Å². The number of nitrogens with one attached hydrogen (secondary N) is 1. The number of H-pyrrole nitrogens is 1. The Kier molecular flexibility index (Phi) is 4.49. The topological polar surface area (TPSA) is 126 Å². The number of phenolic OH excluding ortho intramolecular Hbond substituents is 1. The lowest BCUT2D eigenvalue weighted by Crippen LogP contribution is -2.21. The summed E-state index contributed by atoms with van der Waals surface area (Å²) in [5.41, 5.74) is 9.11. The molecule has 1 aromatic heterocycles. The molecule has 8 nitrogen and oxygen atoms in total. The van der Waals surface area contributed by atoms with Crippen molar-refractivity contribution in [2.24, 2.45) is 5.73 Å². The zero-order chi connectivity index (χ0) is 20.5. The Labute approximate surface area is 166 Å². The zero-order valence-corrected chi connectivity index (χ0v) is 15.8. The number of rotatable bonds is 4. The molecule has 8 heteroatoms. The van der Waals surface area contributed by atoms with Gasteiger partial charge < -0.3 is 25.1 Å². The van der Waals surface area contributed by atoms with Gasteiger partial charge in [-0.1, -0.05) is 18.2 Å². The third kappa shape index (κ3) is 2.99. The normalized spacial score (nSPS) is 15.3. The Balaban J connectivity index is 1.94. The van der Waals surface area contributed by atoms with Crippen LogP contribution in [0.5, 0.6) is 23.1 Å². The zero-order valence-electron chi connectivity index (χ0n) is 15.8. The van der Waals surface area contributed by atoms with Crippen molar-refractivity contribution in [3.63, 3.8) is 0 Å². The summed E-state index contributed by atoms with van der Waals surface area (Å²) in [4.78, 5) is 0. The lowest BCUT2D eigenvalue weighted by atomic mass is 9.83. The first-order valence-electron chi connectivity index (χ1n) is 8.74. The Morgan fingerprint density at radius 2 is 2.03 bits per heavy atom. The number of allylic oxidation sites excluding steroid dienone is 1. The average Bonchev–Trinajstić information content (AvgIpc) is 3.16. The summed E-state index contributed by atoms with van der Waals surface area (Å²) < 4.78 is 16.2. The summed E-state index contributed by atoms with van der Waals surface area (Å²) in [6, 6.07) is 14.5. The van der Waals surface area contributed by atoms with Crippen molar-refractivity contribution in [2.75, 3.05) is 14.2 Å². The maximum absolute atomic E-state index is 9.97. The van der Waals surface area contributed by atoms with Crippen molar-refractivity contribution in [3.05, 3.63) is 65.0 Å². The highest BCUT2D eigenvalue weighted by atomic mass is 16.5. The molecule has 0 amide bonds. The van der Waals surface area contributed by atoms with Gasteiger partial charge in [-0.05, 0) is 29.8 Å². The van der Waals surface area contributed by atoms with Crippen LogP contribution in [0, 0.1) is 11.3 Å². The maximum Gasteiger partial charge on any atom is 0.244 e. The van der Waals surface area contributed by atoms with E-state index < -0.39 is 5.92 Å². The van der Waals surface area contributed by atoms with E-state index in [9.17, 15) is 10.4 Å². The van der Waals surface area contributed by atoms with Gasteiger partial charge in [-0.2, -0.15) is 5.26 Å². The average molecular weight is 390 g/mol. The lowest BCUT2D eigenvalue weighted by molar-refractivity contribution is 0.371. The second-order valence-electron chi connectivity index (χ2n) is 6.41. The van der Waals surface area contributed by atoms with Crippen LogP contribution in [0.4, 0.5) is 0 Å². The SMILES string of the molecule is COc1cccc(-c2[nH]nc3c2[C@@H](c2ccc(O)c(OC)c2)C(C#N)=C(N)O3)c1. The van der Waals surface area contributed by atoms with Gasteiger partial charge in [0.2, 0.25) is 11.8 Å². The fraction of sp³-hybridized carbons (Fsp3) is 0.143. The summed E-state index contributed by atoms with van der Waals surface area (Å²) in [5.74, 6) is 0.688. The molecule has 2 heterocycles. The van der Waals surface area contributed by atoms with Crippen molar-refractivity contribution >= 4 is 0 Å². The summed E-state index contributed by atoms with van der Waals surface area (Å²) in [6.45, 7) is 0. The van der Waals surface area contributed by atoms with Gasteiger partial charge >= 0.3 is 0 Å². The van der Waals surface area contributed by atoms with E-state index in [2.05, 4.69) is 16.3 Å². The largest absolute Gasteiger partial charge is 0.504 e. The number of benzene rings is 2. The van der Waals surface area contributed by atoms with Crippen molar-refractivity contribution < 1.29 is 19.3 Å². The third-order valence-electron chi connectivity index (χ3n) is 4.83. The molecule has 0 saturated heterocycles. The summed E-state index contributed by atoms with van der Waals surface area (Å²) in [5, 5.41) is 27.0. The first-order valence-corrected chi connectivity index (χ1v) is 8.74. The number of aromatic nitrogens is 2. The fourth-order valence-electron chi connectivity index (χ4n) is 3.45. The molecule has 0 fully saturated rings. The molecule has 0 saturated carbocycles. The standard InChI is InChI=1S/C21H18N4O4/c1-27-13-5-3-4-12(8-13)19-18-17(11-6-7-15(26)16(9-11)28-2)14(10-22)20(23)29-21(18)25-24-19/h3-9,17,26H,23H2,1-2H3,(H,24,25)/t17-/m0/s1. The third-order valence-corrected chi connectivity index (χ3v) is 4.83. The predicted octanol–water partition coefficient (Wildman–Crippen LogP) is 3.02. The number of methoxy groups -OCH3 is 2. The minimum Gasteiger partial charge on any atom is -0.504 e. The molecular weight excluding hydrogens is 372 g/mol. The van der Waals surface area contributed by atoms with E-state index >= 15 is 0 Å². The number of ether oxygens (including phenoxy) is 3. The van der Waals surface area contributed by atoms with Crippen molar-refractivity contribution in [1.82, 2.24) is 10.2 Å². The van der Waals surface area contributed by atoms with E-state index in [4.69, 9.17) is 19.9 Å². The smallest absolute Gasteiger partial charge is 0.244 e. The number of fused-ring (bicyclic) bond motifs is 1. The van der Waals surface area contributed by atoms with E-state index in [1.54, 1.807) is 19.2 Å². The van der Waals surface area contributed by atoms with Gasteiger partial charge in [-0.15, -0.1) is 5.10 Å². The molecule has 0 unspecified atom stereocenters. The first-order chi connectivity index (χ1) is 14.1. The van der Waals surface area contributed by atoms with E-state index in [0.29, 0.717) is 22.6 Å². The Bertz CT molecular complexity index is 1160. The molecule has 146 valence electrons. The molecule has 1 atom stereocenters. The van der Waals surface area contributed by atoms with Crippen molar-refractivity contribution in [3.8, 4) is 40.5 Å². The van der Waals surface area contributed by atoms with Crippen LogP contribution < -0.4 is 19.9 Å². The molecule has 1 aliphatic heterocycles. The van der Waals surface area contributed by atoms with Crippen LogP contribution in [0.15, 0.2) is 53.9 Å². The van der Waals surface area contributed by atoms with Gasteiger partial charge in [-0.25, -0.2) is 0 Å². The number of aromatic hydroxyl groups is 1. The number of nitrogens with zero attached hydrogens (tertiary/aromatic N) is 2. The van der Waals surface area contributed by atoms with Crippen molar-refractivity contribution in [1.29, 1.82) is 5.26 Å². The number of nitrogens with two attached hydrogens (primary N) is 1. The monoisotopic (exact) mass is 390 g/mol. The van der Waals surface area contributed by atoms with Gasteiger partial charge in [0.05, 0.1) is 31.4 Å². The van der Waals surface area contributed by atoms with Crippen LogP contribution in [0.2, 0.25) is 0 Å². The Morgan fingerprint density at radius 1 is 1.21 bits per heavy atom. The molecule has 3 aromatic rings. The lowest BCUT2D eigenvalue weighted by Gasteiger charge is -2.24. The highest BCUT2D eigenvalue weighted by Gasteiger charge is 2.36. The maximum atomic E-state index is 9.97. The van der Waals surface area contributed by atoms with E-state index in [1.165, 1.54) is 13.2 Å². The number of hydrogen-bond donors (Lipinski definition) is 3. The highest BCUT2D eigenvalue weighted by Crippen LogP contribution is 2.47. The molecule has 4 rings (SSSR count). The molecule has 2 aromatic carbocycles. The fourth-order valence-corrected chi connectivity index (χ4v) is 3.45. The molecule has 0 radical (unpaired) electrons. The van der Waals surface area contributed by atoms with Gasteiger partial charge in [0, 0.05) is 5.56 Å². The molecular formula is C21H18N4O4. The molecule has 1 aliphatic rings. The minimum absolute atomic E-state index is 0.000736. The van der Waals surface area contributed by atoms with Crippen LogP contribution in [0.3, 0.4) is 0 Å². The molecule has 29 heavy (non-hydrogen) atoms. The van der Waals surface area contributed by atoms with Gasteiger partial charge in [0.1, 0.15) is 17.4 Å². The van der Waals surface area contributed by atoms with Gasteiger partial charge in [-0.3, -0.25) is 5.10 Å². The van der Waals surface area contributed by atoms with Crippen LogP contribution in [0.25, 0.3) is 11.3 Å². The van der Waals surface area contributed by atoms with E-state index in [1.807, 2.05) is 24.3 Å². The van der Waals surface area contributed by atoms with Crippen LogP contribution >= 0.6 is 0 Å². The second-order valence-corrected chi connectivity index (χ2v) is 6.41. The first kappa shape index (κ1) is 18.3. The number of aromatic amines is 1. The molecule has 0 spiro atoms. The summed E-state index contributed by atoms with van der Waals surface area (Å²) in [7, 11) is 3.05. The molecule has 0 bridgehead atoms. The summed E-state index contributed by atoms with van der Waals surface area (Å²) >= 11 is 0. The molecule has 4 N–H and O–H groups in total. The number of phenols is 1.